The van der Waals surface area contributed by atoms with Gasteiger partial charge in [0.1, 0.15) is 0 Å². The largest absolute Gasteiger partial charge is 0.235 e. The smallest absolute Gasteiger partial charge is 0.211 e. The SMILES string of the molecule is CC(CCC(CCCN=C=O)N=C=O)N=C=O. The zero-order valence-electron chi connectivity index (χ0n) is 9.76. The Bertz CT molecular complexity index is 351. The lowest BCUT2D eigenvalue weighted by molar-refractivity contribution is 0.491. The molecule has 0 rings (SSSR count). The molecule has 0 saturated heterocycles. The second-order valence-corrected chi connectivity index (χ2v) is 3.64. The molecule has 0 aromatic carbocycles. The van der Waals surface area contributed by atoms with Gasteiger partial charge < -0.3 is 0 Å². The average molecular weight is 237 g/mol. The van der Waals surface area contributed by atoms with Crippen LogP contribution in [-0.4, -0.2) is 36.9 Å². The Kier molecular flexibility index (Phi) is 9.49. The number of hydrogen-bond acceptors (Lipinski definition) is 6. The molecule has 0 aromatic rings. The zero-order chi connectivity index (χ0) is 12.9. The van der Waals surface area contributed by atoms with Crippen LogP contribution in [0.15, 0.2) is 15.0 Å². The van der Waals surface area contributed by atoms with Gasteiger partial charge in [0.2, 0.25) is 18.2 Å². The minimum atomic E-state index is -0.154. The fraction of sp³-hybridized carbons (Fsp3) is 0.727. The monoisotopic (exact) mass is 237 g/mol. The van der Waals surface area contributed by atoms with Gasteiger partial charge >= 0.3 is 0 Å². The molecule has 6 nitrogen and oxygen atoms in total. The molecule has 0 amide bonds. The van der Waals surface area contributed by atoms with E-state index in [1.54, 1.807) is 6.92 Å². The van der Waals surface area contributed by atoms with Crippen molar-refractivity contribution in [3.63, 3.8) is 0 Å². The number of rotatable bonds is 9. The highest BCUT2D eigenvalue weighted by Crippen LogP contribution is 2.12. The first kappa shape index (κ1) is 15.1. The number of isocyanates is 3. The van der Waals surface area contributed by atoms with E-state index in [0.717, 1.165) is 0 Å². The Balaban J connectivity index is 4.01. The predicted octanol–water partition coefficient (Wildman–Crippen LogP) is 1.31. The molecule has 0 fully saturated rings. The topological polar surface area (TPSA) is 88.3 Å². The van der Waals surface area contributed by atoms with Gasteiger partial charge in [-0.15, -0.1) is 0 Å². The number of hydrogen-bond donors (Lipinski definition) is 0. The van der Waals surface area contributed by atoms with Crippen LogP contribution in [0.1, 0.15) is 32.6 Å². The molecule has 0 saturated carbocycles. The van der Waals surface area contributed by atoms with Gasteiger partial charge in [0.15, 0.2) is 0 Å². The number of nitrogens with zero attached hydrogens (tertiary/aromatic N) is 3. The molecule has 2 unspecified atom stereocenters. The Morgan fingerprint density at radius 2 is 1.65 bits per heavy atom. The third-order valence-electron chi connectivity index (χ3n) is 2.30. The van der Waals surface area contributed by atoms with Crippen LogP contribution in [0.3, 0.4) is 0 Å². The van der Waals surface area contributed by atoms with Gasteiger partial charge in [-0.05, 0) is 32.6 Å². The molecular weight excluding hydrogens is 222 g/mol. The van der Waals surface area contributed by atoms with Crippen LogP contribution in [0.2, 0.25) is 0 Å². The maximum absolute atomic E-state index is 10.2. The van der Waals surface area contributed by atoms with Crippen molar-refractivity contribution in [1.82, 2.24) is 0 Å². The highest BCUT2D eigenvalue weighted by molar-refractivity contribution is 5.34. The second-order valence-electron chi connectivity index (χ2n) is 3.64. The molecule has 2 atom stereocenters. The predicted molar refractivity (Wildman–Crippen MR) is 60.9 cm³/mol. The summed E-state index contributed by atoms with van der Waals surface area (Å²) >= 11 is 0. The van der Waals surface area contributed by atoms with Crippen LogP contribution in [0.5, 0.6) is 0 Å². The fourth-order valence-corrected chi connectivity index (χ4v) is 1.39. The summed E-state index contributed by atoms with van der Waals surface area (Å²) in [5, 5.41) is 0. The van der Waals surface area contributed by atoms with Crippen LogP contribution in [0.25, 0.3) is 0 Å². The highest BCUT2D eigenvalue weighted by Gasteiger charge is 2.09. The first-order valence-corrected chi connectivity index (χ1v) is 5.42. The lowest BCUT2D eigenvalue weighted by Gasteiger charge is -2.10. The van der Waals surface area contributed by atoms with Gasteiger partial charge in [0.05, 0.1) is 18.6 Å². The van der Waals surface area contributed by atoms with E-state index in [4.69, 9.17) is 0 Å². The normalized spacial score (nSPS) is 12.5. The van der Waals surface area contributed by atoms with Crippen molar-refractivity contribution in [3.8, 4) is 0 Å². The van der Waals surface area contributed by atoms with E-state index in [0.29, 0.717) is 32.2 Å². The molecular formula is C11H15N3O3. The van der Waals surface area contributed by atoms with Crippen LogP contribution >= 0.6 is 0 Å². The summed E-state index contributed by atoms with van der Waals surface area (Å²) in [6.45, 7) is 2.18. The minimum absolute atomic E-state index is 0.121. The molecule has 0 spiro atoms. The van der Waals surface area contributed by atoms with E-state index in [9.17, 15) is 14.4 Å². The van der Waals surface area contributed by atoms with Gasteiger partial charge in [0.25, 0.3) is 0 Å². The van der Waals surface area contributed by atoms with E-state index in [-0.39, 0.29) is 12.1 Å². The zero-order valence-corrected chi connectivity index (χ0v) is 9.76. The Morgan fingerprint density at radius 3 is 2.24 bits per heavy atom. The van der Waals surface area contributed by atoms with Crippen LogP contribution < -0.4 is 0 Å². The molecule has 17 heavy (non-hydrogen) atoms. The molecule has 92 valence electrons. The molecule has 0 aliphatic heterocycles. The van der Waals surface area contributed by atoms with E-state index in [2.05, 4.69) is 15.0 Å². The second kappa shape index (κ2) is 10.7. The van der Waals surface area contributed by atoms with Gasteiger partial charge in [-0.2, -0.15) is 0 Å². The van der Waals surface area contributed by atoms with Gasteiger partial charge in [-0.1, -0.05) is 0 Å². The first-order valence-electron chi connectivity index (χ1n) is 5.42. The molecule has 0 aromatic heterocycles. The van der Waals surface area contributed by atoms with E-state index in [1.165, 1.54) is 18.2 Å². The van der Waals surface area contributed by atoms with Gasteiger partial charge in [-0.25, -0.2) is 29.4 Å². The van der Waals surface area contributed by atoms with Crippen LogP contribution in [0.4, 0.5) is 0 Å². The molecule has 0 heterocycles. The van der Waals surface area contributed by atoms with E-state index < -0.39 is 0 Å². The van der Waals surface area contributed by atoms with Gasteiger partial charge in [0, 0.05) is 0 Å². The first-order chi connectivity index (χ1) is 8.24. The molecule has 6 heteroatoms. The lowest BCUT2D eigenvalue weighted by Crippen LogP contribution is -2.09. The summed E-state index contributed by atoms with van der Waals surface area (Å²) in [4.78, 5) is 40.7. The van der Waals surface area contributed by atoms with Crippen molar-refractivity contribution >= 4 is 18.2 Å². The standard InChI is InChI=1S/C11H15N3O3/c1-10(13-8-16)4-5-11(14-9-17)3-2-6-12-7-15/h10-11H,2-6H2,1H3. The maximum Gasteiger partial charge on any atom is 0.235 e. The quantitative estimate of drug-likeness (QED) is 0.344. The van der Waals surface area contributed by atoms with Crippen molar-refractivity contribution < 1.29 is 14.4 Å². The van der Waals surface area contributed by atoms with Crippen molar-refractivity contribution in [2.75, 3.05) is 6.54 Å². The Hall–Kier alpha value is -1.86. The Morgan fingerprint density at radius 1 is 0.941 bits per heavy atom. The van der Waals surface area contributed by atoms with Gasteiger partial charge in [-0.3, -0.25) is 0 Å². The molecule has 0 N–H and O–H groups in total. The van der Waals surface area contributed by atoms with E-state index in [1.807, 2.05) is 0 Å². The fourth-order valence-electron chi connectivity index (χ4n) is 1.39. The number of carbonyl (C=O) groups excluding carboxylic acids is 3. The molecule has 0 bridgehead atoms. The van der Waals surface area contributed by atoms with Crippen molar-refractivity contribution in [2.45, 2.75) is 44.7 Å². The minimum Gasteiger partial charge on any atom is -0.211 e. The van der Waals surface area contributed by atoms with Crippen LogP contribution in [0, 0.1) is 0 Å². The highest BCUT2D eigenvalue weighted by atomic mass is 16.1. The summed E-state index contributed by atoms with van der Waals surface area (Å²) < 4.78 is 0. The van der Waals surface area contributed by atoms with Crippen molar-refractivity contribution in [1.29, 1.82) is 0 Å². The molecule has 0 aliphatic rings. The third kappa shape index (κ3) is 9.09. The summed E-state index contributed by atoms with van der Waals surface area (Å²) in [5.74, 6) is 0. The van der Waals surface area contributed by atoms with E-state index >= 15 is 0 Å². The average Bonchev–Trinajstić information content (AvgIpc) is 2.32. The summed E-state index contributed by atoms with van der Waals surface area (Å²) in [6, 6.07) is -0.275. The van der Waals surface area contributed by atoms with Crippen molar-refractivity contribution in [3.05, 3.63) is 0 Å². The maximum atomic E-state index is 10.2. The summed E-state index contributed by atoms with van der Waals surface area (Å²) in [7, 11) is 0. The summed E-state index contributed by atoms with van der Waals surface area (Å²) in [6.07, 6.45) is 7.08. The summed E-state index contributed by atoms with van der Waals surface area (Å²) in [5.41, 5.74) is 0. The lowest BCUT2D eigenvalue weighted by atomic mass is 10.0. The third-order valence-corrected chi connectivity index (χ3v) is 2.30. The number of aliphatic imine (C=N–C) groups is 3. The van der Waals surface area contributed by atoms with Crippen molar-refractivity contribution in [2.24, 2.45) is 15.0 Å². The Labute approximate surface area is 99.6 Å². The molecule has 0 radical (unpaired) electrons. The molecule has 0 aliphatic carbocycles. The van der Waals surface area contributed by atoms with Crippen LogP contribution in [-0.2, 0) is 14.4 Å².